The molecular weight excluding hydrogens is 378 g/mol. The SMILES string of the molecule is C[Si](C)(C)OP(=O)(O[Si](C)(C)C)[O][Sn]([CH3])([CH3])[CH3]. The third-order valence-corrected chi connectivity index (χ3v) is 14.7. The first-order valence-electron chi connectivity index (χ1n) is 5.84. The average Bonchev–Trinajstić information content (AvgIpc) is 1.65. The van der Waals surface area contributed by atoms with Crippen LogP contribution in [0.1, 0.15) is 0 Å². The molecule has 17 heavy (non-hydrogen) atoms. The molecule has 0 N–H and O–H groups in total. The van der Waals surface area contributed by atoms with Crippen molar-refractivity contribution in [1.82, 2.24) is 0 Å². The molecule has 0 saturated carbocycles. The fourth-order valence-electron chi connectivity index (χ4n) is 1.06. The van der Waals surface area contributed by atoms with E-state index in [-0.39, 0.29) is 0 Å². The van der Waals surface area contributed by atoms with Gasteiger partial charge >= 0.3 is 113 Å². The van der Waals surface area contributed by atoms with Crippen LogP contribution in [-0.2, 0) is 15.9 Å². The Kier molecular flexibility index (Phi) is 6.22. The van der Waals surface area contributed by atoms with Crippen LogP contribution < -0.4 is 0 Å². The van der Waals surface area contributed by atoms with Crippen LogP contribution in [0.5, 0.6) is 0 Å². The van der Waals surface area contributed by atoms with Crippen LogP contribution in [0.2, 0.25) is 54.1 Å². The molecule has 0 aliphatic heterocycles. The second-order valence-electron chi connectivity index (χ2n) is 7.06. The van der Waals surface area contributed by atoms with E-state index in [2.05, 4.69) is 14.8 Å². The van der Waals surface area contributed by atoms with Crippen LogP contribution in [0, 0.1) is 0 Å². The Morgan fingerprint density at radius 2 is 1.12 bits per heavy atom. The van der Waals surface area contributed by atoms with E-state index in [9.17, 15) is 4.57 Å². The van der Waals surface area contributed by atoms with Crippen LogP contribution in [0.4, 0.5) is 0 Å². The molecule has 4 nitrogen and oxygen atoms in total. The van der Waals surface area contributed by atoms with E-state index in [1.807, 2.05) is 39.3 Å². The first-order valence-corrected chi connectivity index (χ1v) is 23.8. The van der Waals surface area contributed by atoms with E-state index < -0.39 is 43.2 Å². The van der Waals surface area contributed by atoms with E-state index in [4.69, 9.17) is 11.3 Å². The second-order valence-corrected chi connectivity index (χ2v) is 31.7. The fourth-order valence-corrected chi connectivity index (χ4v) is 15.5. The summed E-state index contributed by atoms with van der Waals surface area (Å²) in [4.78, 5) is 6.17. The zero-order valence-electron chi connectivity index (χ0n) is 12.6. The molecular formula is C9H27O4PSi2Sn. The third kappa shape index (κ3) is 10.9. The van der Waals surface area contributed by atoms with Gasteiger partial charge in [-0.15, -0.1) is 0 Å². The summed E-state index contributed by atoms with van der Waals surface area (Å²) in [6.45, 7) is 12.0. The Balaban J connectivity index is 5.03. The zero-order chi connectivity index (χ0) is 14.1. The molecule has 0 radical (unpaired) electrons. The maximum absolute atomic E-state index is 12.7. The molecule has 0 aliphatic rings. The van der Waals surface area contributed by atoms with Gasteiger partial charge < -0.3 is 0 Å². The van der Waals surface area contributed by atoms with Gasteiger partial charge in [0.05, 0.1) is 0 Å². The second kappa shape index (κ2) is 5.77. The van der Waals surface area contributed by atoms with Crippen molar-refractivity contribution in [3.63, 3.8) is 0 Å². The van der Waals surface area contributed by atoms with Crippen molar-refractivity contribution in [3.8, 4) is 0 Å². The summed E-state index contributed by atoms with van der Waals surface area (Å²) < 4.78 is 29.9. The van der Waals surface area contributed by atoms with Gasteiger partial charge in [0.1, 0.15) is 0 Å². The molecule has 0 unspecified atom stereocenters. The standard InChI is InChI=1S/C6H19O4PSi2.3CH3.Sn/c1-12(2,3)9-11(7,8)10-13(4,5)6;;;;/h1-6H3,(H,7,8);3*1H3;/q;;;;+1/p-1. The van der Waals surface area contributed by atoms with Gasteiger partial charge in [0, 0.05) is 0 Å². The van der Waals surface area contributed by atoms with E-state index in [1.54, 1.807) is 0 Å². The van der Waals surface area contributed by atoms with E-state index >= 15 is 0 Å². The number of rotatable bonds is 6. The van der Waals surface area contributed by atoms with Crippen molar-refractivity contribution >= 4 is 43.2 Å². The molecule has 0 aliphatic carbocycles. The molecule has 0 rings (SSSR count). The summed E-state index contributed by atoms with van der Waals surface area (Å²) in [5, 5.41) is 0. The Hall–Kier alpha value is 1.34. The van der Waals surface area contributed by atoms with Gasteiger partial charge in [-0.05, 0) is 0 Å². The minimum absolute atomic E-state index is 1.95. The van der Waals surface area contributed by atoms with Gasteiger partial charge in [-0.1, -0.05) is 0 Å². The summed E-state index contributed by atoms with van der Waals surface area (Å²) in [5.74, 6) is 0. The normalized spacial score (nSPS) is 15.1. The van der Waals surface area contributed by atoms with Gasteiger partial charge in [0.15, 0.2) is 0 Å². The van der Waals surface area contributed by atoms with Crippen molar-refractivity contribution in [2.24, 2.45) is 0 Å². The molecule has 0 amide bonds. The molecule has 0 aromatic rings. The minimum atomic E-state index is -3.37. The molecule has 0 bridgehead atoms. The molecule has 0 aromatic carbocycles. The van der Waals surface area contributed by atoms with E-state index in [0.29, 0.717) is 0 Å². The van der Waals surface area contributed by atoms with Crippen molar-refractivity contribution in [1.29, 1.82) is 0 Å². The number of phosphoric acid groups is 1. The topological polar surface area (TPSA) is 44.8 Å². The summed E-state index contributed by atoms with van der Waals surface area (Å²) in [6, 6.07) is 0. The van der Waals surface area contributed by atoms with Gasteiger partial charge in [-0.2, -0.15) is 0 Å². The molecule has 0 fully saturated rings. The van der Waals surface area contributed by atoms with E-state index in [1.165, 1.54) is 0 Å². The molecule has 104 valence electrons. The molecule has 0 aromatic heterocycles. The first kappa shape index (κ1) is 18.3. The Labute approximate surface area is 113 Å². The van der Waals surface area contributed by atoms with Crippen LogP contribution >= 0.6 is 7.82 Å². The molecule has 0 heterocycles. The van der Waals surface area contributed by atoms with Crippen LogP contribution in [0.15, 0.2) is 0 Å². The van der Waals surface area contributed by atoms with Crippen molar-refractivity contribution in [2.45, 2.75) is 54.1 Å². The van der Waals surface area contributed by atoms with Gasteiger partial charge in [-0.25, -0.2) is 0 Å². The quantitative estimate of drug-likeness (QED) is 0.477. The molecule has 0 saturated heterocycles. The van der Waals surface area contributed by atoms with Crippen molar-refractivity contribution in [2.75, 3.05) is 0 Å². The molecule has 8 heteroatoms. The third-order valence-electron chi connectivity index (χ3n) is 1.16. The van der Waals surface area contributed by atoms with Crippen LogP contribution in [-0.4, -0.2) is 35.4 Å². The Morgan fingerprint density at radius 3 is 1.29 bits per heavy atom. The summed E-state index contributed by atoms with van der Waals surface area (Å²) >= 11 is -2.68. The number of hydrogen-bond donors (Lipinski definition) is 0. The molecule has 0 spiro atoms. The van der Waals surface area contributed by atoms with Crippen LogP contribution in [0.25, 0.3) is 0 Å². The monoisotopic (exact) mass is 406 g/mol. The average molecular weight is 405 g/mol. The first-order chi connectivity index (χ1) is 7.12. The zero-order valence-corrected chi connectivity index (χ0v) is 18.3. The van der Waals surface area contributed by atoms with Crippen molar-refractivity contribution in [3.05, 3.63) is 0 Å². The summed E-state index contributed by atoms with van der Waals surface area (Å²) in [6.07, 6.45) is 0. The number of hydrogen-bond acceptors (Lipinski definition) is 4. The molecule has 0 atom stereocenters. The fraction of sp³-hybridized carbons (Fsp3) is 1.00. The summed E-state index contributed by atoms with van der Waals surface area (Å²) in [5.41, 5.74) is 0. The predicted octanol–water partition coefficient (Wildman–Crippen LogP) is 4.65. The van der Waals surface area contributed by atoms with Crippen molar-refractivity contribution < 1.29 is 15.9 Å². The summed E-state index contributed by atoms with van der Waals surface area (Å²) in [7, 11) is -7.27. The van der Waals surface area contributed by atoms with E-state index in [0.717, 1.165) is 0 Å². The Bertz CT molecular complexity index is 256. The van der Waals surface area contributed by atoms with Gasteiger partial charge in [0.2, 0.25) is 0 Å². The van der Waals surface area contributed by atoms with Gasteiger partial charge in [-0.3, -0.25) is 0 Å². The maximum atomic E-state index is 12.7. The Morgan fingerprint density at radius 1 is 0.824 bits per heavy atom. The predicted molar refractivity (Wildman–Crippen MR) is 80.9 cm³/mol. The van der Waals surface area contributed by atoms with Gasteiger partial charge in [0.25, 0.3) is 0 Å². The van der Waals surface area contributed by atoms with Crippen LogP contribution in [0.3, 0.4) is 0 Å².